The number of nitrogen functional groups attached to an aromatic ring is 1. The van der Waals surface area contributed by atoms with Gasteiger partial charge in [-0.05, 0) is 43.7 Å². The molecule has 0 saturated carbocycles. The van der Waals surface area contributed by atoms with Gasteiger partial charge in [0.2, 0.25) is 0 Å². The first-order valence-electron chi connectivity index (χ1n) is 9.56. The van der Waals surface area contributed by atoms with E-state index in [0.29, 0.717) is 11.6 Å². The van der Waals surface area contributed by atoms with Crippen LogP contribution in [0.5, 0.6) is 0 Å². The number of aromatic nitrogens is 1. The third kappa shape index (κ3) is 5.64. The van der Waals surface area contributed by atoms with E-state index < -0.39 is 35.0 Å². The molecule has 0 aliphatic heterocycles. The number of nitrogens with zero attached hydrogens (tertiary/aromatic N) is 1. The number of aliphatic carboxylic acids is 1. The lowest BCUT2D eigenvalue weighted by atomic mass is 10.0. The van der Waals surface area contributed by atoms with Crippen LogP contribution < -0.4 is 16.6 Å². The molecule has 1 unspecified atom stereocenters. The van der Waals surface area contributed by atoms with Crippen LogP contribution in [0.4, 0.5) is 14.6 Å². The topological polar surface area (TPSA) is 114 Å². The minimum atomic E-state index is -1.05. The summed E-state index contributed by atoms with van der Waals surface area (Å²) in [6.45, 7) is 7.31. The summed E-state index contributed by atoms with van der Waals surface area (Å²) < 4.78 is 28.2. The average molecular weight is 443 g/mol. The van der Waals surface area contributed by atoms with Crippen LogP contribution >= 0.6 is 0 Å². The van der Waals surface area contributed by atoms with Crippen LogP contribution in [0.3, 0.4) is 0 Å². The number of carbonyl (C=O) groups excluding carboxylic acids is 1. The number of carbonyl (C=O) groups is 2. The molecule has 1 aromatic heterocycles. The smallest absolute Gasteiger partial charge is 0.320 e. The molecule has 9 heteroatoms. The zero-order valence-corrected chi connectivity index (χ0v) is 17.6. The Hall–Kier alpha value is -3.85. The van der Waals surface area contributed by atoms with Gasteiger partial charge < -0.3 is 16.2 Å². The average Bonchev–Trinajstić information content (AvgIpc) is 2.73. The number of rotatable bonds is 9. The number of pyridine rings is 1. The largest absolute Gasteiger partial charge is 0.480 e. The minimum Gasteiger partial charge on any atom is -0.480 e. The number of halogens is 2. The van der Waals surface area contributed by atoms with Crippen molar-refractivity contribution in [3.8, 4) is 0 Å². The highest BCUT2D eigenvalue weighted by Gasteiger charge is 2.20. The van der Waals surface area contributed by atoms with Crippen molar-refractivity contribution in [1.29, 1.82) is 0 Å². The zero-order valence-electron chi connectivity index (χ0n) is 17.6. The maximum absolute atomic E-state index is 14.0. The zero-order chi connectivity index (χ0) is 24.0. The third-order valence-corrected chi connectivity index (χ3v) is 4.68. The van der Waals surface area contributed by atoms with Gasteiger partial charge in [-0.2, -0.15) is 0 Å². The van der Waals surface area contributed by atoms with Crippen molar-refractivity contribution in [2.24, 2.45) is 0 Å². The van der Waals surface area contributed by atoms with Crippen molar-refractivity contribution in [2.75, 3.05) is 12.3 Å². The molecule has 0 amide bonds. The van der Waals surface area contributed by atoms with Gasteiger partial charge in [-0.3, -0.25) is 19.0 Å². The van der Waals surface area contributed by atoms with Crippen molar-refractivity contribution in [2.45, 2.75) is 19.9 Å². The molecular formula is C23H23F2N3O4. The summed E-state index contributed by atoms with van der Waals surface area (Å²) in [5, 5.41) is 11.8. The summed E-state index contributed by atoms with van der Waals surface area (Å²) in [6.07, 6.45) is 4.84. The molecule has 0 radical (unpaired) electrons. The van der Waals surface area contributed by atoms with E-state index in [4.69, 9.17) is 10.8 Å². The molecule has 32 heavy (non-hydrogen) atoms. The monoisotopic (exact) mass is 443 g/mol. The fraction of sp³-hybridized carbons (Fsp3) is 0.174. The lowest BCUT2D eigenvalue weighted by Crippen LogP contribution is -2.34. The molecule has 4 N–H and O–H groups in total. The van der Waals surface area contributed by atoms with Crippen LogP contribution in [0.25, 0.3) is 5.70 Å². The van der Waals surface area contributed by atoms with E-state index in [1.54, 1.807) is 19.1 Å². The normalized spacial score (nSPS) is 12.7. The standard InChI is InChI=1S/C23H23F2N3O4/c1-4-15(12-27-14(3)23(31)32)6-5-13(2)28-20(29)10-9-18(22(28)26)21(30)17-8-7-16(24)11-19(17)25/h4-11,14,27H,2,12,26H2,1,3H3,(H,31,32)/b6-5-,15-4+. The summed E-state index contributed by atoms with van der Waals surface area (Å²) in [7, 11) is 0. The molecule has 2 aromatic rings. The lowest BCUT2D eigenvalue weighted by Gasteiger charge is -2.14. The maximum atomic E-state index is 14.0. The fourth-order valence-electron chi connectivity index (χ4n) is 2.75. The van der Waals surface area contributed by atoms with E-state index in [1.807, 2.05) is 0 Å². The van der Waals surface area contributed by atoms with Gasteiger partial charge in [0, 0.05) is 24.4 Å². The molecule has 168 valence electrons. The van der Waals surface area contributed by atoms with Crippen molar-refractivity contribution in [3.63, 3.8) is 0 Å². The van der Waals surface area contributed by atoms with Crippen molar-refractivity contribution in [3.05, 3.63) is 93.8 Å². The van der Waals surface area contributed by atoms with Gasteiger partial charge in [0.25, 0.3) is 5.56 Å². The molecule has 0 saturated heterocycles. The molecule has 0 aliphatic rings. The van der Waals surface area contributed by atoms with E-state index in [9.17, 15) is 23.2 Å². The van der Waals surface area contributed by atoms with Gasteiger partial charge in [0.05, 0.1) is 11.1 Å². The number of hydrogen-bond acceptors (Lipinski definition) is 5. The highest BCUT2D eigenvalue weighted by atomic mass is 19.1. The number of carboxylic acid groups (broad SMARTS) is 1. The second-order valence-electron chi connectivity index (χ2n) is 6.89. The molecule has 0 spiro atoms. The maximum Gasteiger partial charge on any atom is 0.320 e. The fourth-order valence-corrected chi connectivity index (χ4v) is 2.75. The predicted molar refractivity (Wildman–Crippen MR) is 118 cm³/mol. The van der Waals surface area contributed by atoms with Crippen molar-refractivity contribution < 1.29 is 23.5 Å². The summed E-state index contributed by atoms with van der Waals surface area (Å²) in [6, 6.07) is 4.04. The van der Waals surface area contributed by atoms with E-state index in [1.165, 1.54) is 19.1 Å². The van der Waals surface area contributed by atoms with Gasteiger partial charge in [-0.25, -0.2) is 8.78 Å². The van der Waals surface area contributed by atoms with Crippen LogP contribution in [0.15, 0.2) is 65.5 Å². The van der Waals surface area contributed by atoms with Crippen LogP contribution in [0.1, 0.15) is 29.8 Å². The number of anilines is 1. The number of benzene rings is 1. The van der Waals surface area contributed by atoms with E-state index in [0.717, 1.165) is 22.8 Å². The Bertz CT molecular complexity index is 1180. The Labute approximate surface area is 183 Å². The summed E-state index contributed by atoms with van der Waals surface area (Å²) in [5.74, 6) is -3.94. The summed E-state index contributed by atoms with van der Waals surface area (Å²) >= 11 is 0. The Morgan fingerprint density at radius 3 is 2.47 bits per heavy atom. The molecule has 0 fully saturated rings. The summed E-state index contributed by atoms with van der Waals surface area (Å²) in [4.78, 5) is 36.0. The lowest BCUT2D eigenvalue weighted by molar-refractivity contribution is -0.138. The van der Waals surface area contributed by atoms with Crippen LogP contribution in [-0.4, -0.2) is 34.0 Å². The van der Waals surface area contributed by atoms with Gasteiger partial charge in [0.1, 0.15) is 23.5 Å². The third-order valence-electron chi connectivity index (χ3n) is 4.68. The van der Waals surface area contributed by atoms with Crippen molar-refractivity contribution >= 4 is 23.3 Å². The van der Waals surface area contributed by atoms with Gasteiger partial charge in [-0.15, -0.1) is 0 Å². The minimum absolute atomic E-state index is 0.132. The Kier molecular flexibility index (Phi) is 7.97. The Morgan fingerprint density at radius 1 is 1.22 bits per heavy atom. The van der Waals surface area contributed by atoms with Crippen LogP contribution in [0, 0.1) is 11.6 Å². The number of nitrogens with one attached hydrogen (secondary N) is 1. The van der Waals surface area contributed by atoms with Gasteiger partial charge >= 0.3 is 5.97 Å². The number of hydrogen-bond donors (Lipinski definition) is 3. The molecule has 7 nitrogen and oxygen atoms in total. The van der Waals surface area contributed by atoms with Crippen LogP contribution in [-0.2, 0) is 4.79 Å². The number of nitrogens with two attached hydrogens (primary N) is 1. The van der Waals surface area contributed by atoms with Crippen molar-refractivity contribution in [1.82, 2.24) is 9.88 Å². The first-order chi connectivity index (χ1) is 15.1. The van der Waals surface area contributed by atoms with Gasteiger partial charge in [-0.1, -0.05) is 18.7 Å². The first-order valence-corrected chi connectivity index (χ1v) is 9.56. The predicted octanol–water partition coefficient (Wildman–Crippen LogP) is 2.98. The molecule has 0 bridgehead atoms. The number of carboxylic acids is 1. The molecular weight excluding hydrogens is 420 g/mol. The van der Waals surface area contributed by atoms with E-state index in [-0.39, 0.29) is 29.2 Å². The summed E-state index contributed by atoms with van der Waals surface area (Å²) in [5.41, 5.74) is 5.78. The SMILES string of the molecule is C=C(/C=C\C(=C/C)CNC(C)C(=O)O)n1c(N)c(C(=O)c2ccc(F)cc2F)ccc1=O. The molecule has 1 atom stereocenters. The number of ketones is 1. The molecule has 1 aromatic carbocycles. The highest BCUT2D eigenvalue weighted by Crippen LogP contribution is 2.20. The Balaban J connectivity index is 2.32. The highest BCUT2D eigenvalue weighted by molar-refractivity contribution is 6.12. The second kappa shape index (κ2) is 10.5. The number of allylic oxidation sites excluding steroid dienone is 3. The molecule has 2 rings (SSSR count). The Morgan fingerprint density at radius 2 is 1.88 bits per heavy atom. The second-order valence-corrected chi connectivity index (χ2v) is 6.89. The van der Waals surface area contributed by atoms with Crippen LogP contribution in [0.2, 0.25) is 0 Å². The van der Waals surface area contributed by atoms with Gasteiger partial charge in [0.15, 0.2) is 5.78 Å². The quantitative estimate of drug-likeness (QED) is 0.406. The first kappa shape index (κ1) is 24.4. The molecule has 0 aliphatic carbocycles. The molecule has 1 heterocycles. The van der Waals surface area contributed by atoms with E-state index >= 15 is 0 Å². The van der Waals surface area contributed by atoms with E-state index in [2.05, 4.69) is 11.9 Å².